The van der Waals surface area contributed by atoms with E-state index in [9.17, 15) is 8.42 Å². The van der Waals surface area contributed by atoms with Crippen molar-refractivity contribution in [3.8, 4) is 0 Å². The summed E-state index contributed by atoms with van der Waals surface area (Å²) in [5, 5.41) is 0.414. The summed E-state index contributed by atoms with van der Waals surface area (Å²) in [6.45, 7) is 0. The van der Waals surface area contributed by atoms with Crippen LogP contribution in [0.2, 0.25) is 5.02 Å². The molecule has 2 aromatic rings. The van der Waals surface area contributed by atoms with Crippen molar-refractivity contribution in [3.63, 3.8) is 0 Å². The van der Waals surface area contributed by atoms with Crippen LogP contribution in [-0.2, 0) is 9.84 Å². The van der Waals surface area contributed by atoms with Crippen LogP contribution in [0, 0.1) is 0 Å². The van der Waals surface area contributed by atoms with Crippen molar-refractivity contribution in [1.29, 1.82) is 0 Å². The smallest absolute Gasteiger partial charge is 0.206 e. The summed E-state index contributed by atoms with van der Waals surface area (Å²) in [7, 11) is -3.45. The van der Waals surface area contributed by atoms with E-state index in [1.54, 1.807) is 42.5 Å². The molecule has 0 aliphatic heterocycles. The Morgan fingerprint density at radius 3 is 2.06 bits per heavy atom. The molecule has 0 aliphatic carbocycles. The third-order valence-electron chi connectivity index (χ3n) is 2.16. The molecule has 0 amide bonds. The molecule has 2 rings (SSSR count). The Morgan fingerprint density at radius 1 is 0.812 bits per heavy atom. The Bertz CT molecular complexity index is 591. The van der Waals surface area contributed by atoms with Crippen LogP contribution in [0.3, 0.4) is 0 Å². The zero-order chi connectivity index (χ0) is 11.6. The zero-order valence-corrected chi connectivity index (χ0v) is 9.87. The molecule has 4 heteroatoms. The van der Waals surface area contributed by atoms with Crippen molar-refractivity contribution in [2.75, 3.05) is 0 Å². The van der Waals surface area contributed by atoms with Crippen molar-refractivity contribution in [2.24, 2.45) is 0 Å². The molecule has 0 aliphatic rings. The molecule has 0 atom stereocenters. The highest BCUT2D eigenvalue weighted by atomic mass is 35.5. The molecule has 82 valence electrons. The Kier molecular flexibility index (Phi) is 2.99. The molecule has 0 saturated heterocycles. The van der Waals surface area contributed by atoms with E-state index < -0.39 is 9.84 Å². The van der Waals surface area contributed by atoms with Crippen LogP contribution < -0.4 is 0 Å². The van der Waals surface area contributed by atoms with Crippen LogP contribution >= 0.6 is 11.6 Å². The largest absolute Gasteiger partial charge is 0.219 e. The van der Waals surface area contributed by atoms with Crippen molar-refractivity contribution in [3.05, 3.63) is 59.6 Å². The van der Waals surface area contributed by atoms with Crippen LogP contribution in [0.4, 0.5) is 0 Å². The number of halogens is 1. The van der Waals surface area contributed by atoms with E-state index in [1.165, 1.54) is 12.1 Å². The van der Waals surface area contributed by atoms with E-state index >= 15 is 0 Å². The first-order valence-corrected chi connectivity index (χ1v) is 6.52. The molecule has 0 bridgehead atoms. The van der Waals surface area contributed by atoms with Gasteiger partial charge >= 0.3 is 0 Å². The van der Waals surface area contributed by atoms with Gasteiger partial charge in [0.15, 0.2) is 0 Å². The minimum atomic E-state index is -3.45. The normalized spacial score (nSPS) is 11.3. The van der Waals surface area contributed by atoms with Crippen molar-refractivity contribution in [2.45, 2.75) is 9.79 Å². The minimum Gasteiger partial charge on any atom is -0.219 e. The number of benzene rings is 2. The molecule has 0 unspecified atom stereocenters. The van der Waals surface area contributed by atoms with E-state index in [1.807, 2.05) is 0 Å². The van der Waals surface area contributed by atoms with Gasteiger partial charge in [0.05, 0.1) is 9.79 Å². The second-order valence-electron chi connectivity index (χ2n) is 3.27. The summed E-state index contributed by atoms with van der Waals surface area (Å²) < 4.78 is 24.3. The second kappa shape index (κ2) is 4.28. The van der Waals surface area contributed by atoms with E-state index in [4.69, 9.17) is 11.6 Å². The Morgan fingerprint density at radius 2 is 1.44 bits per heavy atom. The predicted octanol–water partition coefficient (Wildman–Crippen LogP) is 3.17. The van der Waals surface area contributed by atoms with E-state index in [0.29, 0.717) is 5.02 Å². The molecule has 16 heavy (non-hydrogen) atoms. The lowest BCUT2D eigenvalue weighted by molar-refractivity contribution is 0.596. The zero-order valence-electron chi connectivity index (χ0n) is 8.30. The Hall–Kier alpha value is -1.32. The number of hydrogen-bond acceptors (Lipinski definition) is 2. The SMILES string of the molecule is O=S(=O)(c1ccccc1)c1cccc(Cl)c1. The summed E-state index contributed by atoms with van der Waals surface area (Å²) >= 11 is 5.77. The fraction of sp³-hybridized carbons (Fsp3) is 0. The maximum Gasteiger partial charge on any atom is 0.206 e. The highest BCUT2D eigenvalue weighted by molar-refractivity contribution is 7.91. The second-order valence-corrected chi connectivity index (χ2v) is 5.66. The maximum absolute atomic E-state index is 12.1. The highest BCUT2D eigenvalue weighted by Crippen LogP contribution is 2.22. The van der Waals surface area contributed by atoms with Gasteiger partial charge in [0.1, 0.15) is 0 Å². The molecular formula is C12H9ClO2S. The molecule has 0 N–H and O–H groups in total. The summed E-state index contributed by atoms with van der Waals surface area (Å²) in [6, 6.07) is 14.5. The van der Waals surface area contributed by atoms with Crippen LogP contribution in [0.1, 0.15) is 0 Å². The van der Waals surface area contributed by atoms with E-state index in [-0.39, 0.29) is 9.79 Å². The van der Waals surface area contributed by atoms with Crippen LogP contribution in [0.5, 0.6) is 0 Å². The molecule has 2 aromatic carbocycles. The molecule has 0 spiro atoms. The standard InChI is InChI=1S/C12H9ClO2S/c13-10-5-4-8-12(9-10)16(14,15)11-6-2-1-3-7-11/h1-9H. The number of rotatable bonds is 2. The molecular weight excluding hydrogens is 244 g/mol. The summed E-state index contributed by atoms with van der Waals surface area (Å²) in [6.07, 6.45) is 0. The van der Waals surface area contributed by atoms with Gasteiger partial charge in [0, 0.05) is 5.02 Å². The Labute approximate surface area is 99.4 Å². The maximum atomic E-state index is 12.1. The van der Waals surface area contributed by atoms with Crippen molar-refractivity contribution < 1.29 is 8.42 Å². The molecule has 0 heterocycles. The highest BCUT2D eigenvalue weighted by Gasteiger charge is 2.16. The van der Waals surface area contributed by atoms with Gasteiger partial charge < -0.3 is 0 Å². The molecule has 2 nitrogen and oxygen atoms in total. The van der Waals surface area contributed by atoms with Gasteiger partial charge in [-0.15, -0.1) is 0 Å². The minimum absolute atomic E-state index is 0.214. The topological polar surface area (TPSA) is 34.1 Å². The fourth-order valence-corrected chi connectivity index (χ4v) is 2.95. The van der Waals surface area contributed by atoms with Gasteiger partial charge in [-0.1, -0.05) is 35.9 Å². The summed E-state index contributed by atoms with van der Waals surface area (Å²) in [4.78, 5) is 0.489. The van der Waals surface area contributed by atoms with Gasteiger partial charge in [0.2, 0.25) is 9.84 Å². The number of hydrogen-bond donors (Lipinski definition) is 0. The average Bonchev–Trinajstić information content (AvgIpc) is 2.30. The third kappa shape index (κ3) is 2.10. The van der Waals surface area contributed by atoms with Crippen LogP contribution in [-0.4, -0.2) is 8.42 Å². The third-order valence-corrected chi connectivity index (χ3v) is 4.16. The van der Waals surface area contributed by atoms with Gasteiger partial charge in [-0.25, -0.2) is 8.42 Å². The predicted molar refractivity (Wildman–Crippen MR) is 63.3 cm³/mol. The van der Waals surface area contributed by atoms with E-state index in [2.05, 4.69) is 0 Å². The van der Waals surface area contributed by atoms with Gasteiger partial charge in [-0.2, -0.15) is 0 Å². The summed E-state index contributed by atoms with van der Waals surface area (Å²) in [5.74, 6) is 0. The average molecular weight is 253 g/mol. The molecule has 0 saturated carbocycles. The van der Waals surface area contributed by atoms with Gasteiger partial charge in [-0.05, 0) is 30.3 Å². The Balaban J connectivity index is 2.56. The summed E-state index contributed by atoms with van der Waals surface area (Å²) in [5.41, 5.74) is 0. The lowest BCUT2D eigenvalue weighted by atomic mass is 10.4. The molecule has 0 aromatic heterocycles. The number of sulfone groups is 1. The lowest BCUT2D eigenvalue weighted by Gasteiger charge is -2.04. The molecule has 0 fully saturated rings. The first-order valence-electron chi connectivity index (χ1n) is 4.66. The fourth-order valence-electron chi connectivity index (χ4n) is 1.37. The molecule has 0 radical (unpaired) electrons. The first kappa shape index (κ1) is 11.2. The van der Waals surface area contributed by atoms with Gasteiger partial charge in [0.25, 0.3) is 0 Å². The first-order chi connectivity index (χ1) is 7.60. The monoisotopic (exact) mass is 252 g/mol. The lowest BCUT2D eigenvalue weighted by Crippen LogP contribution is -2.01. The van der Waals surface area contributed by atoms with Crippen molar-refractivity contribution in [1.82, 2.24) is 0 Å². The van der Waals surface area contributed by atoms with Crippen molar-refractivity contribution >= 4 is 21.4 Å². The van der Waals surface area contributed by atoms with E-state index in [0.717, 1.165) is 0 Å². The van der Waals surface area contributed by atoms with Gasteiger partial charge in [-0.3, -0.25) is 0 Å². The van der Waals surface area contributed by atoms with Crippen LogP contribution in [0.15, 0.2) is 64.4 Å². The quantitative estimate of drug-likeness (QED) is 0.823. The van der Waals surface area contributed by atoms with Crippen LogP contribution in [0.25, 0.3) is 0 Å².